The molecule has 0 saturated carbocycles. The minimum Gasteiger partial charge on any atom is -0.344 e. The summed E-state index contributed by atoms with van der Waals surface area (Å²) in [4.78, 5) is 11.3. The van der Waals surface area contributed by atoms with Crippen LogP contribution in [0.3, 0.4) is 0 Å². The lowest BCUT2D eigenvalue weighted by Gasteiger charge is -2.25. The molecular formula is C20H28N4O2S. The second-order valence-corrected chi connectivity index (χ2v) is 9.23. The molecule has 6 nitrogen and oxygen atoms in total. The van der Waals surface area contributed by atoms with Crippen LogP contribution >= 0.6 is 0 Å². The van der Waals surface area contributed by atoms with E-state index >= 15 is 0 Å². The first-order valence-corrected chi connectivity index (χ1v) is 11.4. The summed E-state index contributed by atoms with van der Waals surface area (Å²) < 4.78 is 24.4. The Morgan fingerprint density at radius 1 is 1.26 bits per heavy atom. The fourth-order valence-corrected chi connectivity index (χ4v) is 4.32. The molecule has 1 N–H and O–H groups in total. The van der Waals surface area contributed by atoms with E-state index in [1.807, 2.05) is 18.0 Å². The Morgan fingerprint density at radius 2 is 2.04 bits per heavy atom. The topological polar surface area (TPSA) is 75.2 Å². The first-order valence-electron chi connectivity index (χ1n) is 9.48. The molecule has 27 heavy (non-hydrogen) atoms. The summed E-state index contributed by atoms with van der Waals surface area (Å²) in [6.07, 6.45) is 6.66. The second-order valence-electron chi connectivity index (χ2n) is 7.25. The minimum atomic E-state index is -3.35. The second kappa shape index (κ2) is 8.80. The van der Waals surface area contributed by atoms with Crippen LogP contribution in [0.5, 0.6) is 0 Å². The van der Waals surface area contributed by atoms with Crippen molar-refractivity contribution < 1.29 is 8.42 Å². The number of piperidine rings is 1. The summed E-state index contributed by atoms with van der Waals surface area (Å²) >= 11 is 0. The van der Waals surface area contributed by atoms with Crippen LogP contribution in [-0.4, -0.2) is 51.3 Å². The van der Waals surface area contributed by atoms with Gasteiger partial charge in [-0.15, -0.1) is 0 Å². The largest absolute Gasteiger partial charge is 0.344 e. The van der Waals surface area contributed by atoms with Crippen LogP contribution in [0, 0.1) is 0 Å². The van der Waals surface area contributed by atoms with Gasteiger partial charge in [0.1, 0.15) is 4.90 Å². The predicted molar refractivity (Wildman–Crippen MR) is 108 cm³/mol. The van der Waals surface area contributed by atoms with E-state index in [4.69, 9.17) is 0 Å². The lowest BCUT2D eigenvalue weighted by atomic mass is 9.96. The minimum absolute atomic E-state index is 0.114. The number of hydrogen-bond donors (Lipinski definition) is 1. The van der Waals surface area contributed by atoms with E-state index in [1.165, 1.54) is 18.0 Å². The van der Waals surface area contributed by atoms with E-state index in [-0.39, 0.29) is 10.8 Å². The number of anilines is 1. The van der Waals surface area contributed by atoms with Gasteiger partial charge in [0.2, 0.25) is 5.95 Å². The number of hydrogen-bond acceptors (Lipinski definition) is 6. The molecule has 1 aromatic carbocycles. The van der Waals surface area contributed by atoms with Crippen molar-refractivity contribution in [2.24, 2.45) is 0 Å². The van der Waals surface area contributed by atoms with E-state index < -0.39 is 9.84 Å². The van der Waals surface area contributed by atoms with Crippen LogP contribution < -0.4 is 10.2 Å². The van der Waals surface area contributed by atoms with Gasteiger partial charge in [-0.1, -0.05) is 30.3 Å². The van der Waals surface area contributed by atoms with E-state index in [9.17, 15) is 8.42 Å². The Morgan fingerprint density at radius 3 is 2.70 bits per heavy atom. The van der Waals surface area contributed by atoms with Gasteiger partial charge >= 0.3 is 0 Å². The van der Waals surface area contributed by atoms with Crippen molar-refractivity contribution in [2.75, 3.05) is 37.8 Å². The molecule has 2 heterocycles. The number of benzene rings is 1. The molecule has 0 spiro atoms. The van der Waals surface area contributed by atoms with Gasteiger partial charge in [0, 0.05) is 32.3 Å². The summed E-state index contributed by atoms with van der Waals surface area (Å²) in [6.45, 7) is 2.55. The first kappa shape index (κ1) is 19.8. The van der Waals surface area contributed by atoms with Gasteiger partial charge in [-0.3, -0.25) is 0 Å². The first-order chi connectivity index (χ1) is 12.9. The van der Waals surface area contributed by atoms with Gasteiger partial charge in [0.15, 0.2) is 9.84 Å². The quantitative estimate of drug-likeness (QED) is 0.785. The predicted octanol–water partition coefficient (Wildman–Crippen LogP) is 2.42. The van der Waals surface area contributed by atoms with Crippen LogP contribution in [0.25, 0.3) is 0 Å². The molecule has 2 aromatic rings. The number of sulfone groups is 1. The molecule has 1 fully saturated rings. The zero-order valence-corrected chi connectivity index (χ0v) is 16.9. The smallest absolute Gasteiger partial charge is 0.225 e. The van der Waals surface area contributed by atoms with Gasteiger partial charge in [-0.25, -0.2) is 18.4 Å². The molecule has 1 aliphatic rings. The Hall–Kier alpha value is -1.99. The molecule has 1 atom stereocenters. The number of nitrogens with one attached hydrogen (secondary N) is 1. The molecular weight excluding hydrogens is 360 g/mol. The Labute approximate surface area is 162 Å². The molecule has 7 heteroatoms. The molecule has 3 rings (SSSR count). The fraction of sp³-hybridized carbons (Fsp3) is 0.500. The molecule has 1 saturated heterocycles. The molecule has 0 unspecified atom stereocenters. The van der Waals surface area contributed by atoms with E-state index in [1.54, 1.807) is 0 Å². The highest BCUT2D eigenvalue weighted by molar-refractivity contribution is 7.90. The number of rotatable bonds is 7. The summed E-state index contributed by atoms with van der Waals surface area (Å²) in [6, 6.07) is 10.4. The summed E-state index contributed by atoms with van der Waals surface area (Å²) in [5.74, 6) is 0.707. The van der Waals surface area contributed by atoms with Crippen molar-refractivity contribution >= 4 is 15.8 Å². The molecule has 0 radical (unpaired) electrons. The lowest BCUT2D eigenvalue weighted by molar-refractivity contribution is 0.447. The van der Waals surface area contributed by atoms with Crippen molar-refractivity contribution in [2.45, 2.75) is 36.5 Å². The lowest BCUT2D eigenvalue weighted by Crippen LogP contribution is -2.30. The summed E-state index contributed by atoms with van der Waals surface area (Å²) in [5, 5.41) is 3.34. The molecule has 0 bridgehead atoms. The van der Waals surface area contributed by atoms with Crippen LogP contribution in [-0.2, 0) is 16.3 Å². The van der Waals surface area contributed by atoms with E-state index in [2.05, 4.69) is 39.6 Å². The molecule has 1 aliphatic heterocycles. The van der Waals surface area contributed by atoms with Crippen molar-refractivity contribution in [3.8, 4) is 0 Å². The zero-order chi connectivity index (χ0) is 19.3. The van der Waals surface area contributed by atoms with Crippen LogP contribution in [0.1, 0.15) is 36.4 Å². The monoisotopic (exact) mass is 388 g/mol. The fourth-order valence-electron chi connectivity index (χ4n) is 3.49. The van der Waals surface area contributed by atoms with Crippen molar-refractivity contribution in [3.63, 3.8) is 0 Å². The summed E-state index contributed by atoms with van der Waals surface area (Å²) in [5.41, 5.74) is 1.97. The van der Waals surface area contributed by atoms with Gasteiger partial charge in [-0.2, -0.15) is 0 Å². The van der Waals surface area contributed by atoms with Crippen molar-refractivity contribution in [1.82, 2.24) is 15.3 Å². The van der Waals surface area contributed by atoms with Crippen LogP contribution in [0.4, 0.5) is 5.95 Å². The SMILES string of the molecule is CN(CCCc1ccccc1)c1ncc(S(C)(=O)=O)c([C@@H]2CCCNC2)n1. The third-order valence-corrected chi connectivity index (χ3v) is 6.11. The highest BCUT2D eigenvalue weighted by atomic mass is 32.2. The van der Waals surface area contributed by atoms with Gasteiger partial charge < -0.3 is 10.2 Å². The van der Waals surface area contributed by atoms with Gasteiger partial charge in [-0.05, 0) is 37.8 Å². The molecule has 0 amide bonds. The number of nitrogens with zero attached hydrogens (tertiary/aromatic N) is 3. The number of aromatic nitrogens is 2. The highest BCUT2D eigenvalue weighted by Gasteiger charge is 2.25. The standard InChI is InChI=1S/C20H28N4O2S/c1-24(13-7-10-16-8-4-3-5-9-16)20-22-15-18(27(2,25)26)19(23-20)17-11-6-12-21-14-17/h3-5,8-9,15,17,21H,6-7,10-14H2,1-2H3/t17-/m1/s1. The number of aryl methyl sites for hydroxylation is 1. The van der Waals surface area contributed by atoms with Crippen molar-refractivity contribution in [3.05, 3.63) is 47.8 Å². The highest BCUT2D eigenvalue weighted by Crippen LogP contribution is 2.28. The summed E-state index contributed by atoms with van der Waals surface area (Å²) in [7, 11) is -1.39. The Balaban J connectivity index is 1.74. The molecule has 146 valence electrons. The third kappa shape index (κ3) is 5.26. The van der Waals surface area contributed by atoms with Crippen LogP contribution in [0.15, 0.2) is 41.4 Å². The maximum atomic E-state index is 12.2. The van der Waals surface area contributed by atoms with E-state index in [0.717, 1.165) is 45.3 Å². The maximum Gasteiger partial charge on any atom is 0.225 e. The average Bonchev–Trinajstić information content (AvgIpc) is 2.68. The Bertz CT molecular complexity index is 850. The van der Waals surface area contributed by atoms with Gasteiger partial charge in [0.25, 0.3) is 0 Å². The van der Waals surface area contributed by atoms with E-state index in [0.29, 0.717) is 11.6 Å². The molecule has 0 aliphatic carbocycles. The maximum absolute atomic E-state index is 12.2. The van der Waals surface area contributed by atoms with Gasteiger partial charge in [0.05, 0.1) is 11.9 Å². The third-order valence-electron chi connectivity index (χ3n) is 5.00. The average molecular weight is 389 g/mol. The van der Waals surface area contributed by atoms with Crippen LogP contribution in [0.2, 0.25) is 0 Å². The van der Waals surface area contributed by atoms with Crippen molar-refractivity contribution in [1.29, 1.82) is 0 Å². The zero-order valence-electron chi connectivity index (χ0n) is 16.1. The normalized spacial score (nSPS) is 17.6. The molecule has 1 aromatic heterocycles. The Kier molecular flexibility index (Phi) is 6.44.